The van der Waals surface area contributed by atoms with Crippen LogP contribution in [0.15, 0.2) is 51.9 Å². The number of benzene rings is 2. The summed E-state index contributed by atoms with van der Waals surface area (Å²) in [5, 5.41) is 4.31. The topological polar surface area (TPSA) is 99.1 Å². The average Bonchev–Trinajstić information content (AvgIpc) is 3.43. The molecule has 2 aromatic carbocycles. The maximum absolute atomic E-state index is 14.6. The van der Waals surface area contributed by atoms with Crippen LogP contribution in [0.3, 0.4) is 0 Å². The van der Waals surface area contributed by atoms with Gasteiger partial charge in [0.2, 0.25) is 10.0 Å². The van der Waals surface area contributed by atoms with Gasteiger partial charge in [0.25, 0.3) is 0 Å². The zero-order chi connectivity index (χ0) is 23.5. The number of hydrogen-bond acceptors (Lipinski definition) is 5. The number of imidazole rings is 1. The molecule has 0 saturated carbocycles. The molecule has 172 valence electrons. The third-order valence-electron chi connectivity index (χ3n) is 6.11. The molecule has 0 aliphatic carbocycles. The quantitative estimate of drug-likeness (QED) is 0.479. The number of fused-ring (bicyclic) bond motifs is 2. The Morgan fingerprint density at radius 3 is 2.55 bits per heavy atom. The van der Waals surface area contributed by atoms with Gasteiger partial charge in [-0.1, -0.05) is 30.3 Å². The van der Waals surface area contributed by atoms with Crippen LogP contribution in [-0.4, -0.2) is 34.5 Å². The Bertz CT molecular complexity index is 1530. The molecule has 1 aliphatic rings. The van der Waals surface area contributed by atoms with Gasteiger partial charge in [0.15, 0.2) is 11.4 Å². The molecule has 4 aromatic rings. The lowest BCUT2D eigenvalue weighted by molar-refractivity contribution is 0.450. The number of sulfonamides is 1. The molecule has 5 rings (SSSR count). The van der Waals surface area contributed by atoms with Crippen molar-refractivity contribution >= 4 is 21.0 Å². The fourth-order valence-electron chi connectivity index (χ4n) is 4.31. The van der Waals surface area contributed by atoms with Crippen LogP contribution < -0.4 is 10.4 Å². The van der Waals surface area contributed by atoms with Gasteiger partial charge >= 0.3 is 5.69 Å². The van der Waals surface area contributed by atoms with Crippen molar-refractivity contribution in [1.82, 2.24) is 19.0 Å². The van der Waals surface area contributed by atoms with E-state index in [9.17, 15) is 22.0 Å². The molecule has 1 N–H and O–H groups in total. The van der Waals surface area contributed by atoms with Gasteiger partial charge in [-0.15, -0.1) is 0 Å². The monoisotopic (exact) mass is 474 g/mol. The molecule has 0 amide bonds. The molecule has 8 nitrogen and oxygen atoms in total. The van der Waals surface area contributed by atoms with Gasteiger partial charge in [-0.3, -0.25) is 4.57 Å². The summed E-state index contributed by atoms with van der Waals surface area (Å²) in [5.74, 6) is -1.73. The van der Waals surface area contributed by atoms with Crippen molar-refractivity contribution in [2.75, 3.05) is 5.75 Å². The fraction of sp³-hybridized carbons (Fsp3) is 0.273. The summed E-state index contributed by atoms with van der Waals surface area (Å²) in [5.41, 5.74) is 0.405. The third-order valence-corrected chi connectivity index (χ3v) is 7.53. The van der Waals surface area contributed by atoms with E-state index in [1.165, 1.54) is 21.3 Å². The predicted octanol–water partition coefficient (Wildman–Crippen LogP) is 3.15. The SMILES string of the molecule is CCS(=O)(=O)NC1Cn2c(cn(-c3noc4cccc(-c5c(F)cccc5F)c34)c2=O)C1C. The molecular weight excluding hydrogens is 454 g/mol. The van der Waals surface area contributed by atoms with Gasteiger partial charge in [0.1, 0.15) is 11.6 Å². The van der Waals surface area contributed by atoms with Crippen LogP contribution >= 0.6 is 0 Å². The van der Waals surface area contributed by atoms with Crippen molar-refractivity contribution in [1.29, 1.82) is 0 Å². The van der Waals surface area contributed by atoms with Gasteiger partial charge in [-0.05, 0) is 25.1 Å². The van der Waals surface area contributed by atoms with E-state index < -0.39 is 33.4 Å². The number of hydrogen-bond donors (Lipinski definition) is 1. The third kappa shape index (κ3) is 3.39. The summed E-state index contributed by atoms with van der Waals surface area (Å²) in [6, 6.07) is 7.86. The average molecular weight is 474 g/mol. The largest absolute Gasteiger partial charge is 0.354 e. The second-order valence-corrected chi connectivity index (χ2v) is 10.1. The molecule has 0 fully saturated rings. The van der Waals surface area contributed by atoms with Crippen LogP contribution in [0.5, 0.6) is 0 Å². The van der Waals surface area contributed by atoms with Gasteiger partial charge in [-0.25, -0.2) is 31.3 Å². The summed E-state index contributed by atoms with van der Waals surface area (Å²) in [4.78, 5) is 13.2. The lowest BCUT2D eigenvalue weighted by Crippen LogP contribution is -2.39. The molecule has 0 bridgehead atoms. The lowest BCUT2D eigenvalue weighted by Gasteiger charge is -2.16. The van der Waals surface area contributed by atoms with Crippen molar-refractivity contribution in [2.45, 2.75) is 32.4 Å². The van der Waals surface area contributed by atoms with Crippen molar-refractivity contribution in [3.05, 3.63) is 70.4 Å². The number of nitrogens with zero attached hydrogens (tertiary/aromatic N) is 3. The van der Waals surface area contributed by atoms with Crippen LogP contribution in [0.25, 0.3) is 27.9 Å². The first kappa shape index (κ1) is 21.5. The number of aromatic nitrogens is 3. The van der Waals surface area contributed by atoms with Gasteiger partial charge in [-0.2, -0.15) is 0 Å². The highest BCUT2D eigenvalue weighted by molar-refractivity contribution is 7.89. The van der Waals surface area contributed by atoms with E-state index in [0.717, 1.165) is 12.1 Å². The van der Waals surface area contributed by atoms with Crippen molar-refractivity contribution in [2.24, 2.45) is 0 Å². The van der Waals surface area contributed by atoms with Crippen molar-refractivity contribution < 1.29 is 21.7 Å². The molecular formula is C22H20F2N4O4S. The van der Waals surface area contributed by atoms with Crippen LogP contribution in [0.4, 0.5) is 8.78 Å². The van der Waals surface area contributed by atoms with Crippen LogP contribution in [-0.2, 0) is 16.6 Å². The Kier molecular flexibility index (Phi) is 4.98. The highest BCUT2D eigenvalue weighted by Gasteiger charge is 2.35. The van der Waals surface area contributed by atoms with E-state index in [0.29, 0.717) is 11.1 Å². The molecule has 33 heavy (non-hydrogen) atoms. The molecule has 2 unspecified atom stereocenters. The molecule has 0 radical (unpaired) electrons. The number of nitrogens with one attached hydrogen (secondary N) is 1. The Balaban J connectivity index is 1.64. The highest BCUT2D eigenvalue weighted by atomic mass is 32.2. The van der Waals surface area contributed by atoms with E-state index in [1.807, 2.05) is 6.92 Å². The van der Waals surface area contributed by atoms with E-state index in [-0.39, 0.29) is 40.7 Å². The van der Waals surface area contributed by atoms with Gasteiger partial charge in [0.05, 0.1) is 16.7 Å². The predicted molar refractivity (Wildman–Crippen MR) is 118 cm³/mol. The second kappa shape index (κ2) is 7.63. The van der Waals surface area contributed by atoms with Crippen molar-refractivity contribution in [3.8, 4) is 16.9 Å². The minimum Gasteiger partial charge on any atom is -0.354 e. The summed E-state index contributed by atoms with van der Waals surface area (Å²) in [6.07, 6.45) is 1.57. The zero-order valence-electron chi connectivity index (χ0n) is 17.7. The zero-order valence-corrected chi connectivity index (χ0v) is 18.6. The minimum atomic E-state index is -3.44. The van der Waals surface area contributed by atoms with Gasteiger partial charge < -0.3 is 4.52 Å². The second-order valence-electron chi connectivity index (χ2n) is 8.02. The Hall–Kier alpha value is -3.31. The normalized spacial score (nSPS) is 18.2. The van der Waals surface area contributed by atoms with Crippen LogP contribution in [0.2, 0.25) is 0 Å². The van der Waals surface area contributed by atoms with Crippen molar-refractivity contribution in [3.63, 3.8) is 0 Å². The molecule has 11 heteroatoms. The molecule has 0 saturated heterocycles. The smallest absolute Gasteiger partial charge is 0.334 e. The Labute approximate surface area is 187 Å². The van der Waals surface area contributed by atoms with E-state index in [4.69, 9.17) is 4.52 Å². The maximum Gasteiger partial charge on any atom is 0.334 e. The Morgan fingerprint density at radius 1 is 1.18 bits per heavy atom. The van der Waals surface area contributed by atoms with E-state index >= 15 is 0 Å². The van der Waals surface area contributed by atoms with E-state index in [2.05, 4.69) is 9.88 Å². The Morgan fingerprint density at radius 2 is 1.88 bits per heavy atom. The first-order chi connectivity index (χ1) is 15.7. The summed E-state index contributed by atoms with van der Waals surface area (Å²) in [7, 11) is -3.44. The molecule has 1 aliphatic heterocycles. The first-order valence-corrected chi connectivity index (χ1v) is 12.0. The number of rotatable bonds is 5. The molecule has 3 heterocycles. The highest BCUT2D eigenvalue weighted by Crippen LogP contribution is 2.36. The standard InChI is InChI=1S/C22H20F2N4O4S/c1-3-33(30,31)26-16-10-27-17(12(16)2)11-28(22(27)29)21-20-13(6-4-9-18(20)32-25-21)19-14(23)7-5-8-15(19)24/h4-9,11-12,16,26H,3,10H2,1-2H3. The van der Waals surface area contributed by atoms with Crippen LogP contribution in [0.1, 0.15) is 25.5 Å². The van der Waals surface area contributed by atoms with Crippen LogP contribution in [0, 0.1) is 11.6 Å². The molecule has 2 aromatic heterocycles. The van der Waals surface area contributed by atoms with Gasteiger partial charge in [0, 0.05) is 36.0 Å². The summed E-state index contributed by atoms with van der Waals surface area (Å²) >= 11 is 0. The molecule has 2 atom stereocenters. The minimum absolute atomic E-state index is 0.0599. The number of halogens is 2. The summed E-state index contributed by atoms with van der Waals surface area (Å²) < 4.78 is 63.8. The first-order valence-electron chi connectivity index (χ1n) is 10.4. The molecule has 0 spiro atoms. The fourth-order valence-corrected chi connectivity index (χ4v) is 5.22. The van der Waals surface area contributed by atoms with E-state index in [1.54, 1.807) is 25.3 Å². The lowest BCUT2D eigenvalue weighted by atomic mass is 10.0. The summed E-state index contributed by atoms with van der Waals surface area (Å²) in [6.45, 7) is 3.53. The maximum atomic E-state index is 14.6.